The van der Waals surface area contributed by atoms with E-state index in [2.05, 4.69) is 50.4 Å². The van der Waals surface area contributed by atoms with Crippen molar-refractivity contribution in [2.45, 2.75) is 31.8 Å². The van der Waals surface area contributed by atoms with E-state index in [-0.39, 0.29) is 11.9 Å². The third-order valence-electron chi connectivity index (χ3n) is 6.72. The molecule has 0 unspecified atom stereocenters. The molecule has 0 spiro atoms. The van der Waals surface area contributed by atoms with Gasteiger partial charge in [0.2, 0.25) is 0 Å². The lowest BCUT2D eigenvalue weighted by molar-refractivity contribution is 0.0940. The molecule has 0 bridgehead atoms. The highest BCUT2D eigenvalue weighted by molar-refractivity contribution is 5.98. The fourth-order valence-electron chi connectivity index (χ4n) is 4.79. The van der Waals surface area contributed by atoms with E-state index >= 15 is 0 Å². The number of rotatable bonds is 5. The summed E-state index contributed by atoms with van der Waals surface area (Å²) in [6, 6.07) is 8.29. The highest BCUT2D eigenvalue weighted by Crippen LogP contribution is 2.38. The van der Waals surface area contributed by atoms with Gasteiger partial charge in [-0.25, -0.2) is 4.98 Å². The number of hydrogen-bond donors (Lipinski definition) is 3. The number of carbonyl (C=O) groups is 1. The number of aryl methyl sites for hydroxylation is 1. The molecule has 2 aliphatic heterocycles. The zero-order valence-corrected chi connectivity index (χ0v) is 17.8. The van der Waals surface area contributed by atoms with Crippen molar-refractivity contribution < 1.29 is 4.79 Å². The van der Waals surface area contributed by atoms with Crippen LogP contribution < -0.4 is 16.0 Å². The summed E-state index contributed by atoms with van der Waals surface area (Å²) >= 11 is 0. The molecule has 3 N–H and O–H groups in total. The Kier molecular flexibility index (Phi) is 4.38. The maximum atomic E-state index is 12.7. The van der Waals surface area contributed by atoms with Crippen LogP contribution in [0.2, 0.25) is 0 Å². The number of anilines is 1. The first kappa shape index (κ1) is 18.7. The molecular formula is C24H28N6O. The largest absolute Gasteiger partial charge is 0.367 e. The van der Waals surface area contributed by atoms with E-state index in [1.807, 2.05) is 18.2 Å². The van der Waals surface area contributed by atoms with Crippen LogP contribution in [0, 0.1) is 5.92 Å². The molecule has 1 saturated heterocycles. The standard InChI is InChI=1S/C24H28N6O/c1-29-20-7-6-17(24(31)27-18-8-10-25-13-18)11-19(20)28-23(29)21-12-16-3-2-9-26-22(16)30(21)14-15-4-5-15/h2-3,6-7,11-12,15,18,25-26H,4-5,8-10,13-14H2,1H3,(H,27,31)/t18-/m0/s1. The molecule has 2 aromatic heterocycles. The van der Waals surface area contributed by atoms with Crippen LogP contribution in [-0.4, -0.2) is 45.7 Å². The first-order chi connectivity index (χ1) is 15.2. The van der Waals surface area contributed by atoms with Gasteiger partial charge in [-0.2, -0.15) is 0 Å². The molecule has 4 heterocycles. The molecule has 7 heteroatoms. The van der Waals surface area contributed by atoms with E-state index in [1.165, 1.54) is 24.2 Å². The summed E-state index contributed by atoms with van der Waals surface area (Å²) in [6.07, 6.45) is 7.95. The molecule has 7 nitrogen and oxygen atoms in total. The number of nitrogens with one attached hydrogen (secondary N) is 3. The lowest BCUT2D eigenvalue weighted by Crippen LogP contribution is -2.36. The van der Waals surface area contributed by atoms with Crippen molar-refractivity contribution in [3.63, 3.8) is 0 Å². The lowest BCUT2D eigenvalue weighted by atomic mass is 10.1. The summed E-state index contributed by atoms with van der Waals surface area (Å²) in [5.41, 5.74) is 4.92. The van der Waals surface area contributed by atoms with Crippen molar-refractivity contribution >= 4 is 28.8 Å². The van der Waals surface area contributed by atoms with Crippen molar-refractivity contribution in [1.82, 2.24) is 24.8 Å². The molecule has 31 heavy (non-hydrogen) atoms. The number of fused-ring (bicyclic) bond motifs is 2. The Labute approximate surface area is 181 Å². The van der Waals surface area contributed by atoms with Gasteiger partial charge in [0.25, 0.3) is 5.91 Å². The van der Waals surface area contributed by atoms with E-state index in [0.717, 1.165) is 61.1 Å². The second-order valence-corrected chi connectivity index (χ2v) is 9.03. The van der Waals surface area contributed by atoms with E-state index < -0.39 is 0 Å². The number of hydrogen-bond acceptors (Lipinski definition) is 4. The Morgan fingerprint density at radius 1 is 1.26 bits per heavy atom. The zero-order chi connectivity index (χ0) is 20.9. The Morgan fingerprint density at radius 2 is 2.16 bits per heavy atom. The van der Waals surface area contributed by atoms with E-state index in [1.54, 1.807) is 0 Å². The Hall–Kier alpha value is -3.06. The quantitative estimate of drug-likeness (QED) is 0.598. The fourth-order valence-corrected chi connectivity index (χ4v) is 4.79. The van der Waals surface area contributed by atoms with Gasteiger partial charge in [-0.05, 0) is 56.0 Å². The molecule has 1 aromatic carbocycles. The summed E-state index contributed by atoms with van der Waals surface area (Å²) < 4.78 is 4.55. The van der Waals surface area contributed by atoms with Gasteiger partial charge in [0.05, 0.1) is 16.7 Å². The van der Waals surface area contributed by atoms with Crippen molar-refractivity contribution in [1.29, 1.82) is 0 Å². The first-order valence-electron chi connectivity index (χ1n) is 11.3. The van der Waals surface area contributed by atoms with Crippen LogP contribution in [-0.2, 0) is 13.6 Å². The number of benzene rings is 1. The van der Waals surface area contributed by atoms with Gasteiger partial charge in [-0.3, -0.25) is 4.79 Å². The maximum absolute atomic E-state index is 12.7. The van der Waals surface area contributed by atoms with E-state index in [4.69, 9.17) is 4.98 Å². The molecule has 1 saturated carbocycles. The van der Waals surface area contributed by atoms with Crippen LogP contribution in [0.1, 0.15) is 35.2 Å². The normalized spacial score (nSPS) is 20.1. The van der Waals surface area contributed by atoms with Gasteiger partial charge in [0, 0.05) is 43.9 Å². The average Bonchev–Trinajstić information content (AvgIpc) is 3.17. The van der Waals surface area contributed by atoms with Crippen LogP contribution in [0.3, 0.4) is 0 Å². The van der Waals surface area contributed by atoms with Gasteiger partial charge in [0.1, 0.15) is 5.82 Å². The van der Waals surface area contributed by atoms with E-state index in [9.17, 15) is 4.79 Å². The molecule has 3 aromatic rings. The van der Waals surface area contributed by atoms with Crippen molar-refractivity contribution in [2.24, 2.45) is 13.0 Å². The predicted octanol–water partition coefficient (Wildman–Crippen LogP) is 2.98. The van der Waals surface area contributed by atoms with Crippen molar-refractivity contribution in [3.8, 4) is 11.5 Å². The van der Waals surface area contributed by atoms with Gasteiger partial charge in [-0.1, -0.05) is 12.2 Å². The molecule has 0 radical (unpaired) electrons. The molecule has 1 amide bonds. The molecule has 160 valence electrons. The van der Waals surface area contributed by atoms with Crippen molar-refractivity contribution in [2.75, 3.05) is 25.0 Å². The van der Waals surface area contributed by atoms with Crippen LogP contribution >= 0.6 is 0 Å². The Balaban J connectivity index is 1.38. The number of carbonyl (C=O) groups excluding carboxylic acids is 1. The molecule has 1 aliphatic carbocycles. The minimum atomic E-state index is -0.0234. The van der Waals surface area contributed by atoms with Gasteiger partial charge in [0.15, 0.2) is 5.82 Å². The van der Waals surface area contributed by atoms with Gasteiger partial charge >= 0.3 is 0 Å². The SMILES string of the molecule is Cn1c(-c2cc3c(n2CC2CC2)NCC=C3)nc2cc(C(=O)N[C@H]3CCNC3)ccc21. The highest BCUT2D eigenvalue weighted by Gasteiger charge is 2.27. The topological polar surface area (TPSA) is 75.9 Å². The zero-order valence-electron chi connectivity index (χ0n) is 17.8. The Morgan fingerprint density at radius 3 is 2.97 bits per heavy atom. The third-order valence-corrected chi connectivity index (χ3v) is 6.72. The predicted molar refractivity (Wildman–Crippen MR) is 123 cm³/mol. The second-order valence-electron chi connectivity index (χ2n) is 9.03. The van der Waals surface area contributed by atoms with Gasteiger partial charge in [-0.15, -0.1) is 0 Å². The maximum Gasteiger partial charge on any atom is 0.251 e. The monoisotopic (exact) mass is 416 g/mol. The number of nitrogens with zero attached hydrogens (tertiary/aromatic N) is 3. The molecule has 3 aliphatic rings. The van der Waals surface area contributed by atoms with Crippen LogP contribution in [0.4, 0.5) is 5.82 Å². The summed E-state index contributed by atoms with van der Waals surface area (Å²) in [7, 11) is 2.06. The van der Waals surface area contributed by atoms with Crippen LogP contribution in [0.15, 0.2) is 30.3 Å². The summed E-state index contributed by atoms with van der Waals surface area (Å²) in [5, 5.41) is 9.96. The van der Waals surface area contributed by atoms with Crippen molar-refractivity contribution in [3.05, 3.63) is 41.5 Å². The summed E-state index contributed by atoms with van der Waals surface area (Å²) in [4.78, 5) is 17.7. The smallest absolute Gasteiger partial charge is 0.251 e. The van der Waals surface area contributed by atoms with Crippen LogP contribution in [0.25, 0.3) is 28.6 Å². The molecule has 1 atom stereocenters. The minimum absolute atomic E-state index is 0.0234. The average molecular weight is 417 g/mol. The van der Waals surface area contributed by atoms with Crippen LogP contribution in [0.5, 0.6) is 0 Å². The number of amides is 1. The molecule has 2 fully saturated rings. The second kappa shape index (κ2) is 7.27. The summed E-state index contributed by atoms with van der Waals surface area (Å²) in [6.45, 7) is 3.69. The minimum Gasteiger partial charge on any atom is -0.367 e. The third kappa shape index (κ3) is 3.33. The lowest BCUT2D eigenvalue weighted by Gasteiger charge is -2.16. The van der Waals surface area contributed by atoms with Gasteiger partial charge < -0.3 is 25.1 Å². The Bertz CT molecular complexity index is 1190. The summed E-state index contributed by atoms with van der Waals surface area (Å²) in [5.74, 6) is 2.88. The fraction of sp³-hybridized carbons (Fsp3) is 0.417. The first-order valence-corrected chi connectivity index (χ1v) is 11.3. The number of aromatic nitrogens is 3. The molecular weight excluding hydrogens is 388 g/mol. The molecule has 6 rings (SSSR count). The van der Waals surface area contributed by atoms with E-state index in [0.29, 0.717) is 5.56 Å². The highest BCUT2D eigenvalue weighted by atomic mass is 16.1. The number of imidazole rings is 1.